The van der Waals surface area contributed by atoms with Gasteiger partial charge >= 0.3 is 12.4 Å². The van der Waals surface area contributed by atoms with E-state index in [0.717, 1.165) is 34.0 Å². The van der Waals surface area contributed by atoms with Crippen LogP contribution in [0.4, 0.5) is 26.3 Å². The Hall–Kier alpha value is -3.52. The van der Waals surface area contributed by atoms with Gasteiger partial charge in [-0.2, -0.15) is 26.3 Å². The number of rotatable bonds is 7. The number of hydrogen-bond acceptors (Lipinski definition) is 2. The predicted molar refractivity (Wildman–Crippen MR) is 128 cm³/mol. The molecule has 1 atom stereocenters. The summed E-state index contributed by atoms with van der Waals surface area (Å²) in [6, 6.07) is 23.0. The van der Waals surface area contributed by atoms with E-state index in [1.807, 2.05) is 49.4 Å². The molecule has 4 aromatic rings. The third-order valence-corrected chi connectivity index (χ3v) is 5.86. The zero-order valence-corrected chi connectivity index (χ0v) is 19.3. The zero-order chi connectivity index (χ0) is 25.9. The Kier molecular flexibility index (Phi) is 7.26. The number of benzene rings is 4. The van der Waals surface area contributed by atoms with E-state index < -0.39 is 24.5 Å². The van der Waals surface area contributed by atoms with E-state index in [2.05, 4.69) is 5.32 Å². The summed E-state index contributed by atoms with van der Waals surface area (Å²) < 4.78 is 82.2. The molecule has 0 aromatic heterocycles. The van der Waals surface area contributed by atoms with Crippen molar-refractivity contribution in [1.82, 2.24) is 5.32 Å². The van der Waals surface area contributed by atoms with Crippen molar-refractivity contribution in [3.8, 4) is 16.9 Å². The van der Waals surface area contributed by atoms with E-state index in [-0.39, 0.29) is 17.4 Å². The minimum atomic E-state index is -4.55. The second kappa shape index (κ2) is 10.2. The maximum Gasteiger partial charge on any atom is 0.422 e. The summed E-state index contributed by atoms with van der Waals surface area (Å²) in [6.07, 6.45) is -9.07. The van der Waals surface area contributed by atoms with Crippen LogP contribution in [0.2, 0.25) is 0 Å². The van der Waals surface area contributed by atoms with Crippen molar-refractivity contribution in [2.24, 2.45) is 0 Å². The molecule has 0 aliphatic rings. The van der Waals surface area contributed by atoms with E-state index in [9.17, 15) is 26.3 Å². The lowest BCUT2D eigenvalue weighted by molar-refractivity contribution is -0.153. The molecular formula is C28H23F6NO. The van der Waals surface area contributed by atoms with Gasteiger partial charge < -0.3 is 10.1 Å². The average molecular weight is 503 g/mol. The van der Waals surface area contributed by atoms with Crippen LogP contribution in [-0.4, -0.2) is 12.8 Å². The van der Waals surface area contributed by atoms with Crippen LogP contribution >= 0.6 is 0 Å². The Morgan fingerprint density at radius 2 is 1.50 bits per heavy atom. The number of alkyl halides is 6. The van der Waals surface area contributed by atoms with Crippen molar-refractivity contribution < 1.29 is 31.1 Å². The Labute approximate surface area is 204 Å². The molecule has 0 saturated carbocycles. The van der Waals surface area contributed by atoms with Gasteiger partial charge in [-0.3, -0.25) is 0 Å². The molecule has 188 valence electrons. The minimum absolute atomic E-state index is 0.0354. The van der Waals surface area contributed by atoms with Crippen LogP contribution in [0.25, 0.3) is 21.9 Å². The van der Waals surface area contributed by atoms with Crippen LogP contribution < -0.4 is 10.1 Å². The molecule has 8 heteroatoms. The van der Waals surface area contributed by atoms with Gasteiger partial charge in [0.15, 0.2) is 6.61 Å². The van der Waals surface area contributed by atoms with Crippen molar-refractivity contribution in [2.75, 3.05) is 6.61 Å². The van der Waals surface area contributed by atoms with E-state index in [1.165, 1.54) is 18.2 Å². The normalized spacial score (nSPS) is 13.1. The fraction of sp³-hybridized carbons (Fsp3) is 0.214. The Bertz CT molecular complexity index is 1320. The summed E-state index contributed by atoms with van der Waals surface area (Å²) in [4.78, 5) is 0. The first-order valence-electron chi connectivity index (χ1n) is 11.2. The van der Waals surface area contributed by atoms with Gasteiger partial charge in [0.05, 0.1) is 5.56 Å². The highest BCUT2D eigenvalue weighted by atomic mass is 19.4. The van der Waals surface area contributed by atoms with Crippen molar-refractivity contribution in [1.29, 1.82) is 0 Å². The first kappa shape index (κ1) is 25.6. The lowest BCUT2D eigenvalue weighted by Crippen LogP contribution is -2.20. The summed E-state index contributed by atoms with van der Waals surface area (Å²) in [5, 5.41) is 5.64. The third-order valence-electron chi connectivity index (χ3n) is 5.86. The van der Waals surface area contributed by atoms with E-state index in [1.54, 1.807) is 12.1 Å². The SMILES string of the molecule is C[C@@H](NCc1ccc(OCC(F)(F)F)c(-c2ccc(C(F)(F)F)cc2)c1)c1cccc2ccccc12. The molecule has 1 N–H and O–H groups in total. The second-order valence-corrected chi connectivity index (χ2v) is 8.48. The summed E-state index contributed by atoms with van der Waals surface area (Å²) in [6.45, 7) is 0.896. The van der Waals surface area contributed by atoms with Crippen LogP contribution in [0.1, 0.15) is 29.7 Å². The molecule has 0 aliphatic carbocycles. The number of ether oxygens (including phenoxy) is 1. The highest BCUT2D eigenvalue weighted by Gasteiger charge is 2.31. The average Bonchev–Trinajstić information content (AvgIpc) is 2.85. The maximum absolute atomic E-state index is 13.0. The van der Waals surface area contributed by atoms with Gasteiger partial charge in [-0.25, -0.2) is 0 Å². The summed E-state index contributed by atoms with van der Waals surface area (Å²) in [7, 11) is 0. The van der Waals surface area contributed by atoms with Crippen LogP contribution in [-0.2, 0) is 12.7 Å². The van der Waals surface area contributed by atoms with Gasteiger partial charge in [-0.15, -0.1) is 0 Å². The number of fused-ring (bicyclic) bond motifs is 1. The Balaban J connectivity index is 1.59. The molecule has 0 spiro atoms. The molecule has 0 fully saturated rings. The van der Waals surface area contributed by atoms with Crippen LogP contribution in [0.15, 0.2) is 84.9 Å². The van der Waals surface area contributed by atoms with Gasteiger partial charge in [0, 0.05) is 18.2 Å². The molecule has 0 radical (unpaired) electrons. The number of halogens is 6. The molecule has 0 saturated heterocycles. The Morgan fingerprint density at radius 1 is 0.806 bits per heavy atom. The van der Waals surface area contributed by atoms with Gasteiger partial charge in [0.1, 0.15) is 5.75 Å². The largest absolute Gasteiger partial charge is 0.483 e. The second-order valence-electron chi connectivity index (χ2n) is 8.48. The summed E-state index contributed by atoms with van der Waals surface area (Å²) in [5.41, 5.74) is 1.61. The quantitative estimate of drug-likeness (QED) is 0.256. The summed E-state index contributed by atoms with van der Waals surface area (Å²) in [5.74, 6) is -0.0575. The van der Waals surface area contributed by atoms with Crippen molar-refractivity contribution in [3.05, 3.63) is 102 Å². The molecule has 2 nitrogen and oxygen atoms in total. The van der Waals surface area contributed by atoms with Gasteiger partial charge in [0.2, 0.25) is 0 Å². The minimum Gasteiger partial charge on any atom is -0.483 e. The maximum atomic E-state index is 13.0. The molecular weight excluding hydrogens is 480 g/mol. The van der Waals surface area contributed by atoms with Gasteiger partial charge in [-0.1, -0.05) is 60.7 Å². The monoisotopic (exact) mass is 503 g/mol. The van der Waals surface area contributed by atoms with E-state index in [4.69, 9.17) is 4.74 Å². The zero-order valence-electron chi connectivity index (χ0n) is 19.3. The summed E-state index contributed by atoms with van der Waals surface area (Å²) >= 11 is 0. The highest BCUT2D eigenvalue weighted by molar-refractivity contribution is 5.86. The lowest BCUT2D eigenvalue weighted by atomic mass is 9.98. The number of nitrogens with one attached hydrogen (secondary N) is 1. The van der Waals surface area contributed by atoms with Crippen molar-refractivity contribution in [2.45, 2.75) is 31.9 Å². The first-order chi connectivity index (χ1) is 17.0. The molecule has 0 heterocycles. The predicted octanol–water partition coefficient (Wildman–Crippen LogP) is 8.32. The van der Waals surface area contributed by atoms with Crippen molar-refractivity contribution >= 4 is 10.8 Å². The molecule has 0 amide bonds. The first-order valence-corrected chi connectivity index (χ1v) is 11.2. The third kappa shape index (κ3) is 6.18. The van der Waals surface area contributed by atoms with Crippen LogP contribution in [0, 0.1) is 0 Å². The number of hydrogen-bond donors (Lipinski definition) is 1. The fourth-order valence-electron chi connectivity index (χ4n) is 4.05. The molecule has 0 bridgehead atoms. The molecule has 4 aromatic carbocycles. The molecule has 36 heavy (non-hydrogen) atoms. The standard InChI is InChI=1S/C28H23F6NO/c1-18(23-8-4-6-20-5-2-3-7-24(20)23)35-16-19-9-14-26(36-17-27(29,30)31)25(15-19)21-10-12-22(13-11-21)28(32,33)34/h2-15,18,35H,16-17H2,1H3/t18-/m1/s1. The molecule has 0 unspecified atom stereocenters. The lowest BCUT2D eigenvalue weighted by Gasteiger charge is -2.18. The molecule has 0 aliphatic heterocycles. The van der Waals surface area contributed by atoms with Gasteiger partial charge in [0.25, 0.3) is 0 Å². The van der Waals surface area contributed by atoms with E-state index in [0.29, 0.717) is 12.1 Å². The highest BCUT2D eigenvalue weighted by Crippen LogP contribution is 2.35. The Morgan fingerprint density at radius 3 is 2.19 bits per heavy atom. The smallest absolute Gasteiger partial charge is 0.422 e. The molecule has 4 rings (SSSR count). The topological polar surface area (TPSA) is 21.3 Å². The van der Waals surface area contributed by atoms with Crippen LogP contribution in [0.5, 0.6) is 5.75 Å². The van der Waals surface area contributed by atoms with Crippen molar-refractivity contribution in [3.63, 3.8) is 0 Å². The van der Waals surface area contributed by atoms with Gasteiger partial charge in [-0.05, 0) is 58.7 Å². The van der Waals surface area contributed by atoms with Crippen LogP contribution in [0.3, 0.4) is 0 Å². The van der Waals surface area contributed by atoms with E-state index >= 15 is 0 Å². The fourth-order valence-corrected chi connectivity index (χ4v) is 4.05.